The minimum atomic E-state index is -0.567. The summed E-state index contributed by atoms with van der Waals surface area (Å²) in [5, 5.41) is 12.2. The summed E-state index contributed by atoms with van der Waals surface area (Å²) in [6.07, 6.45) is 0. The third-order valence-corrected chi connectivity index (χ3v) is 5.49. The lowest BCUT2D eigenvalue weighted by molar-refractivity contribution is -0.136. The van der Waals surface area contributed by atoms with E-state index in [-0.39, 0.29) is 42.8 Å². The standard InChI is InChI=1S/C21H28N4O5/c1-14-12-16(4-5-18(14)24-8-6-23(7-9-24)15(2)27)22-19-17(21(29)30-3)13-25(10-11-26)20(19)28/h4-5,12,22,26H,6-11,13H2,1-3H3. The molecule has 1 aromatic carbocycles. The van der Waals surface area contributed by atoms with Crippen LogP contribution < -0.4 is 10.2 Å². The average molecular weight is 416 g/mol. The molecule has 0 atom stereocenters. The van der Waals surface area contributed by atoms with Crippen LogP contribution in [0.4, 0.5) is 11.4 Å². The number of nitrogens with zero attached hydrogens (tertiary/aromatic N) is 3. The molecule has 2 amide bonds. The molecule has 162 valence electrons. The third-order valence-electron chi connectivity index (χ3n) is 5.49. The Kier molecular flexibility index (Phi) is 6.61. The van der Waals surface area contributed by atoms with Gasteiger partial charge >= 0.3 is 5.97 Å². The Labute approximate surface area is 175 Å². The number of anilines is 2. The SMILES string of the molecule is COC(=O)C1=C(Nc2ccc(N3CCN(C(C)=O)CC3)c(C)c2)C(=O)N(CCO)C1. The molecule has 0 spiro atoms. The topological polar surface area (TPSA) is 102 Å². The summed E-state index contributed by atoms with van der Waals surface area (Å²) in [7, 11) is 1.27. The highest BCUT2D eigenvalue weighted by Crippen LogP contribution is 2.28. The number of nitrogens with one attached hydrogen (secondary N) is 1. The number of aliphatic hydroxyl groups excluding tert-OH is 1. The number of hydrogen-bond donors (Lipinski definition) is 2. The van der Waals surface area contributed by atoms with Crippen molar-refractivity contribution in [3.63, 3.8) is 0 Å². The number of carbonyl (C=O) groups excluding carboxylic acids is 3. The summed E-state index contributed by atoms with van der Waals surface area (Å²) in [4.78, 5) is 41.8. The first-order valence-corrected chi connectivity index (χ1v) is 9.95. The van der Waals surface area contributed by atoms with E-state index in [1.54, 1.807) is 6.92 Å². The summed E-state index contributed by atoms with van der Waals surface area (Å²) < 4.78 is 4.81. The van der Waals surface area contributed by atoms with E-state index in [4.69, 9.17) is 9.84 Å². The second-order valence-electron chi connectivity index (χ2n) is 7.41. The summed E-state index contributed by atoms with van der Waals surface area (Å²) in [5.41, 5.74) is 3.21. The first kappa shape index (κ1) is 21.6. The zero-order valence-electron chi connectivity index (χ0n) is 17.6. The van der Waals surface area contributed by atoms with Crippen molar-refractivity contribution in [3.05, 3.63) is 35.0 Å². The number of piperazine rings is 1. The molecule has 30 heavy (non-hydrogen) atoms. The first-order chi connectivity index (χ1) is 14.3. The molecule has 0 bridgehead atoms. The van der Waals surface area contributed by atoms with E-state index in [2.05, 4.69) is 10.2 Å². The van der Waals surface area contributed by atoms with Crippen molar-refractivity contribution in [2.24, 2.45) is 0 Å². The van der Waals surface area contributed by atoms with E-state index in [9.17, 15) is 14.4 Å². The molecular weight excluding hydrogens is 388 g/mol. The van der Waals surface area contributed by atoms with E-state index in [1.807, 2.05) is 30.0 Å². The van der Waals surface area contributed by atoms with E-state index >= 15 is 0 Å². The number of β-amino-alcohol motifs (C(OH)–C–C–N with tert-alkyl or cyclic N) is 1. The van der Waals surface area contributed by atoms with Gasteiger partial charge in [-0.3, -0.25) is 9.59 Å². The lowest BCUT2D eigenvalue weighted by Gasteiger charge is -2.36. The van der Waals surface area contributed by atoms with Crippen LogP contribution in [0.15, 0.2) is 29.5 Å². The lowest BCUT2D eigenvalue weighted by Crippen LogP contribution is -2.48. The number of ether oxygens (including phenoxy) is 1. The van der Waals surface area contributed by atoms with Gasteiger partial charge in [0.1, 0.15) is 5.70 Å². The second-order valence-corrected chi connectivity index (χ2v) is 7.41. The molecule has 1 aromatic rings. The minimum absolute atomic E-state index is 0.0945. The Morgan fingerprint density at radius 2 is 1.90 bits per heavy atom. The predicted molar refractivity (Wildman–Crippen MR) is 112 cm³/mol. The second kappa shape index (κ2) is 9.17. The van der Waals surface area contributed by atoms with Gasteiger partial charge in [0.2, 0.25) is 5.91 Å². The van der Waals surface area contributed by atoms with Crippen LogP contribution >= 0.6 is 0 Å². The van der Waals surface area contributed by atoms with Gasteiger partial charge in [-0.1, -0.05) is 0 Å². The van der Waals surface area contributed by atoms with Crippen LogP contribution in [0.3, 0.4) is 0 Å². The predicted octanol–water partition coefficient (Wildman–Crippen LogP) is 0.337. The van der Waals surface area contributed by atoms with Crippen LogP contribution in [0.1, 0.15) is 12.5 Å². The highest BCUT2D eigenvalue weighted by Gasteiger charge is 2.34. The highest BCUT2D eigenvalue weighted by atomic mass is 16.5. The van der Waals surface area contributed by atoms with E-state index in [0.29, 0.717) is 18.8 Å². The van der Waals surface area contributed by atoms with Crippen LogP contribution in [-0.2, 0) is 19.1 Å². The monoisotopic (exact) mass is 416 g/mol. The average Bonchev–Trinajstić information content (AvgIpc) is 3.03. The van der Waals surface area contributed by atoms with Gasteiger partial charge in [0.25, 0.3) is 5.91 Å². The van der Waals surface area contributed by atoms with Gasteiger partial charge in [-0.15, -0.1) is 0 Å². The fraction of sp³-hybridized carbons (Fsp3) is 0.476. The molecule has 9 nitrogen and oxygen atoms in total. The zero-order valence-corrected chi connectivity index (χ0v) is 17.6. The number of amides is 2. The van der Waals surface area contributed by atoms with Crippen molar-refractivity contribution in [3.8, 4) is 0 Å². The van der Waals surface area contributed by atoms with E-state index in [1.165, 1.54) is 12.0 Å². The summed E-state index contributed by atoms with van der Waals surface area (Å²) in [6.45, 7) is 6.56. The van der Waals surface area contributed by atoms with Gasteiger partial charge in [-0.2, -0.15) is 0 Å². The number of aryl methyl sites for hydroxylation is 1. The Hall–Kier alpha value is -3.07. The number of rotatable bonds is 6. The zero-order chi connectivity index (χ0) is 21.8. The van der Waals surface area contributed by atoms with Gasteiger partial charge in [0.15, 0.2) is 0 Å². The molecular formula is C21H28N4O5. The minimum Gasteiger partial charge on any atom is -0.466 e. The van der Waals surface area contributed by atoms with Crippen LogP contribution in [0.2, 0.25) is 0 Å². The Morgan fingerprint density at radius 3 is 2.47 bits per heavy atom. The number of carbonyl (C=O) groups is 3. The van der Waals surface area contributed by atoms with Crippen molar-refractivity contribution >= 4 is 29.2 Å². The van der Waals surface area contributed by atoms with Crippen LogP contribution in [0.5, 0.6) is 0 Å². The van der Waals surface area contributed by atoms with Gasteiger partial charge < -0.3 is 29.9 Å². The van der Waals surface area contributed by atoms with Crippen molar-refractivity contribution in [2.45, 2.75) is 13.8 Å². The number of hydrogen-bond acceptors (Lipinski definition) is 7. The quantitative estimate of drug-likeness (QED) is 0.645. The van der Waals surface area contributed by atoms with Crippen molar-refractivity contribution in [2.75, 3.05) is 63.2 Å². The number of aliphatic hydroxyl groups is 1. The molecule has 2 aliphatic heterocycles. The van der Waals surface area contributed by atoms with Gasteiger partial charge in [0.05, 0.1) is 25.8 Å². The fourth-order valence-electron chi connectivity index (χ4n) is 3.84. The van der Waals surface area contributed by atoms with Crippen LogP contribution in [-0.4, -0.2) is 85.7 Å². The molecule has 1 saturated heterocycles. The van der Waals surface area contributed by atoms with Gasteiger partial charge in [-0.25, -0.2) is 4.79 Å². The maximum atomic E-state index is 12.7. The fourth-order valence-corrected chi connectivity index (χ4v) is 3.84. The molecule has 0 radical (unpaired) electrons. The molecule has 0 aliphatic carbocycles. The normalized spacial score (nSPS) is 16.9. The molecule has 9 heteroatoms. The van der Waals surface area contributed by atoms with Crippen molar-refractivity contribution in [1.82, 2.24) is 9.80 Å². The van der Waals surface area contributed by atoms with Crippen molar-refractivity contribution < 1.29 is 24.2 Å². The number of esters is 1. The van der Waals surface area contributed by atoms with E-state index < -0.39 is 5.97 Å². The largest absolute Gasteiger partial charge is 0.466 e. The molecule has 0 aromatic heterocycles. The molecule has 2 heterocycles. The smallest absolute Gasteiger partial charge is 0.337 e. The Bertz CT molecular complexity index is 874. The molecule has 3 rings (SSSR count). The molecule has 2 aliphatic rings. The van der Waals surface area contributed by atoms with Crippen LogP contribution in [0, 0.1) is 6.92 Å². The summed E-state index contributed by atoms with van der Waals surface area (Å²) in [5.74, 6) is -0.813. The summed E-state index contributed by atoms with van der Waals surface area (Å²) >= 11 is 0. The third kappa shape index (κ3) is 4.40. The van der Waals surface area contributed by atoms with Crippen molar-refractivity contribution in [1.29, 1.82) is 0 Å². The van der Waals surface area contributed by atoms with Crippen LogP contribution in [0.25, 0.3) is 0 Å². The maximum Gasteiger partial charge on any atom is 0.337 e. The highest BCUT2D eigenvalue weighted by molar-refractivity contribution is 6.08. The summed E-state index contributed by atoms with van der Waals surface area (Å²) in [6, 6.07) is 5.77. The number of benzene rings is 1. The number of methoxy groups -OCH3 is 1. The van der Waals surface area contributed by atoms with Gasteiger partial charge in [-0.05, 0) is 30.7 Å². The molecule has 1 fully saturated rings. The Balaban J connectivity index is 1.77. The first-order valence-electron chi connectivity index (χ1n) is 9.95. The molecule has 2 N–H and O–H groups in total. The lowest BCUT2D eigenvalue weighted by atomic mass is 10.1. The maximum absolute atomic E-state index is 12.7. The molecule has 0 unspecified atom stereocenters. The van der Waals surface area contributed by atoms with E-state index in [0.717, 1.165) is 24.3 Å². The Morgan fingerprint density at radius 1 is 1.20 bits per heavy atom. The van der Waals surface area contributed by atoms with Gasteiger partial charge in [0, 0.05) is 51.0 Å². The molecule has 0 saturated carbocycles.